The van der Waals surface area contributed by atoms with Crippen molar-refractivity contribution in [1.29, 1.82) is 0 Å². The average Bonchev–Trinajstić information content (AvgIpc) is 3.13. The Morgan fingerprint density at radius 3 is 2.53 bits per heavy atom. The van der Waals surface area contributed by atoms with E-state index in [1.807, 2.05) is 31.2 Å². The van der Waals surface area contributed by atoms with Crippen LogP contribution in [0, 0.1) is 6.92 Å². The number of aromatic nitrogens is 2. The molecule has 152 valence electrons. The van der Waals surface area contributed by atoms with E-state index in [0.29, 0.717) is 11.4 Å². The third kappa shape index (κ3) is 3.69. The largest absolute Gasteiger partial charge is 0.497 e. The summed E-state index contributed by atoms with van der Waals surface area (Å²) in [6.07, 6.45) is 0. The van der Waals surface area contributed by atoms with Gasteiger partial charge in [-0.3, -0.25) is 9.59 Å². The minimum Gasteiger partial charge on any atom is -0.497 e. The van der Waals surface area contributed by atoms with Crippen LogP contribution in [-0.4, -0.2) is 34.9 Å². The van der Waals surface area contributed by atoms with Gasteiger partial charge in [0.05, 0.1) is 18.3 Å². The highest BCUT2D eigenvalue weighted by atomic mass is 16.5. The van der Waals surface area contributed by atoms with Crippen molar-refractivity contribution in [1.82, 2.24) is 15.3 Å². The van der Waals surface area contributed by atoms with Crippen LogP contribution in [0.4, 0.5) is 5.69 Å². The summed E-state index contributed by atoms with van der Waals surface area (Å²) < 4.78 is 5.11. The summed E-state index contributed by atoms with van der Waals surface area (Å²) in [5.74, 6) is -0.0236. The average molecular weight is 402 g/mol. The van der Waals surface area contributed by atoms with Gasteiger partial charge in [-0.25, -0.2) is 4.98 Å². The van der Waals surface area contributed by atoms with Gasteiger partial charge < -0.3 is 20.4 Å². The topological polar surface area (TPSA) is 96.1 Å². The number of hydrogen-bond donors (Lipinski definition) is 3. The predicted octanol–water partition coefficient (Wildman–Crippen LogP) is 3.79. The molecule has 0 aliphatic rings. The highest BCUT2D eigenvalue weighted by Crippen LogP contribution is 2.27. The Balaban J connectivity index is 1.51. The summed E-state index contributed by atoms with van der Waals surface area (Å²) in [5, 5.41) is 7.45. The van der Waals surface area contributed by atoms with Gasteiger partial charge >= 0.3 is 0 Å². The first kappa shape index (κ1) is 19.4. The Bertz CT molecular complexity index is 1240. The van der Waals surface area contributed by atoms with Crippen molar-refractivity contribution in [3.05, 3.63) is 66.0 Å². The molecule has 0 radical (unpaired) electrons. The van der Waals surface area contributed by atoms with Crippen LogP contribution in [0.3, 0.4) is 0 Å². The van der Waals surface area contributed by atoms with Gasteiger partial charge in [0.25, 0.3) is 5.91 Å². The minimum atomic E-state index is -0.736. The molecule has 7 nitrogen and oxygen atoms in total. The molecule has 2 heterocycles. The number of para-hydroxylation sites is 1. The molecule has 7 heteroatoms. The zero-order chi connectivity index (χ0) is 21.3. The van der Waals surface area contributed by atoms with Gasteiger partial charge in [-0.05, 0) is 50.2 Å². The first-order valence-electron chi connectivity index (χ1n) is 9.60. The molecule has 1 unspecified atom stereocenters. The SMILES string of the molecule is COc1ccc(NC(=O)C(C)NC(=O)c2cc3c([nH]c4ccccc43)c(C)n2)cc1. The van der Waals surface area contributed by atoms with Crippen molar-refractivity contribution < 1.29 is 14.3 Å². The van der Waals surface area contributed by atoms with Crippen LogP contribution in [0.1, 0.15) is 23.1 Å². The van der Waals surface area contributed by atoms with Crippen LogP contribution < -0.4 is 15.4 Å². The molecule has 0 fully saturated rings. The van der Waals surface area contributed by atoms with Crippen molar-refractivity contribution in [3.63, 3.8) is 0 Å². The van der Waals surface area contributed by atoms with Gasteiger partial charge in [0, 0.05) is 22.0 Å². The number of aryl methyl sites for hydroxylation is 1. The lowest BCUT2D eigenvalue weighted by atomic mass is 10.1. The van der Waals surface area contributed by atoms with E-state index >= 15 is 0 Å². The molecular weight excluding hydrogens is 380 g/mol. The number of fused-ring (bicyclic) bond motifs is 3. The van der Waals surface area contributed by atoms with E-state index in [4.69, 9.17) is 4.74 Å². The summed E-state index contributed by atoms with van der Waals surface area (Å²) in [7, 11) is 1.58. The van der Waals surface area contributed by atoms with Crippen molar-refractivity contribution in [2.45, 2.75) is 19.9 Å². The molecule has 0 bridgehead atoms. The molecular formula is C23H22N4O3. The smallest absolute Gasteiger partial charge is 0.270 e. The number of nitrogens with zero attached hydrogens (tertiary/aromatic N) is 1. The first-order chi connectivity index (χ1) is 14.5. The van der Waals surface area contributed by atoms with Gasteiger partial charge in [0.2, 0.25) is 5.91 Å². The molecule has 3 N–H and O–H groups in total. The predicted molar refractivity (Wildman–Crippen MR) is 117 cm³/mol. The number of carbonyl (C=O) groups excluding carboxylic acids is 2. The van der Waals surface area contributed by atoms with Crippen LogP contribution in [0.25, 0.3) is 21.8 Å². The van der Waals surface area contributed by atoms with Gasteiger partial charge in [-0.1, -0.05) is 18.2 Å². The van der Waals surface area contributed by atoms with Gasteiger partial charge in [-0.2, -0.15) is 0 Å². The number of anilines is 1. The van der Waals surface area contributed by atoms with Gasteiger partial charge in [0.1, 0.15) is 17.5 Å². The molecule has 0 spiro atoms. The Kier molecular flexibility index (Phi) is 5.10. The Hall–Kier alpha value is -3.87. The van der Waals surface area contributed by atoms with Crippen LogP contribution in [0.5, 0.6) is 5.75 Å². The number of amides is 2. The monoisotopic (exact) mass is 402 g/mol. The fraction of sp³-hybridized carbons (Fsp3) is 0.174. The second-order valence-electron chi connectivity index (χ2n) is 7.10. The Labute approximate surface area is 173 Å². The number of H-pyrrole nitrogens is 1. The van der Waals surface area contributed by atoms with Gasteiger partial charge in [0.15, 0.2) is 0 Å². The molecule has 1 atom stereocenters. The van der Waals surface area contributed by atoms with Crippen molar-refractivity contribution in [2.75, 3.05) is 12.4 Å². The second kappa shape index (κ2) is 7.87. The maximum Gasteiger partial charge on any atom is 0.270 e. The lowest BCUT2D eigenvalue weighted by Gasteiger charge is -2.14. The number of aromatic amines is 1. The molecule has 2 aromatic heterocycles. The van der Waals surface area contributed by atoms with Crippen LogP contribution in [0.2, 0.25) is 0 Å². The number of ether oxygens (including phenoxy) is 1. The first-order valence-corrected chi connectivity index (χ1v) is 9.60. The fourth-order valence-corrected chi connectivity index (χ4v) is 3.38. The third-order valence-corrected chi connectivity index (χ3v) is 5.01. The zero-order valence-electron chi connectivity index (χ0n) is 16.9. The van der Waals surface area contributed by atoms with Crippen LogP contribution >= 0.6 is 0 Å². The van der Waals surface area contributed by atoms with E-state index in [1.165, 1.54) is 0 Å². The highest BCUT2D eigenvalue weighted by Gasteiger charge is 2.19. The van der Waals surface area contributed by atoms with E-state index in [-0.39, 0.29) is 11.6 Å². The molecule has 4 aromatic rings. The molecule has 30 heavy (non-hydrogen) atoms. The van der Waals surface area contributed by atoms with E-state index in [1.54, 1.807) is 44.4 Å². The number of rotatable bonds is 5. The number of benzene rings is 2. The molecule has 0 saturated carbocycles. The Morgan fingerprint density at radius 2 is 1.80 bits per heavy atom. The number of nitrogens with one attached hydrogen (secondary N) is 3. The van der Waals surface area contributed by atoms with Crippen molar-refractivity contribution >= 4 is 39.3 Å². The molecule has 2 aromatic carbocycles. The summed E-state index contributed by atoms with van der Waals surface area (Å²) >= 11 is 0. The normalized spacial score (nSPS) is 12.0. The number of carbonyl (C=O) groups is 2. The number of pyridine rings is 1. The number of hydrogen-bond acceptors (Lipinski definition) is 4. The second-order valence-corrected chi connectivity index (χ2v) is 7.10. The maximum absolute atomic E-state index is 12.8. The summed E-state index contributed by atoms with van der Waals surface area (Å²) in [5.41, 5.74) is 3.51. The quantitative estimate of drug-likeness (QED) is 0.473. The van der Waals surface area contributed by atoms with E-state index in [0.717, 1.165) is 27.5 Å². The molecule has 4 rings (SSSR count). The summed E-state index contributed by atoms with van der Waals surface area (Å²) in [4.78, 5) is 33.0. The fourth-order valence-electron chi connectivity index (χ4n) is 3.38. The highest BCUT2D eigenvalue weighted by molar-refractivity contribution is 6.10. The number of methoxy groups -OCH3 is 1. The third-order valence-electron chi connectivity index (χ3n) is 5.01. The Morgan fingerprint density at radius 1 is 1.07 bits per heavy atom. The molecule has 0 aliphatic carbocycles. The summed E-state index contributed by atoms with van der Waals surface area (Å²) in [6, 6.07) is 15.9. The standard InChI is InChI=1S/C23H22N4O3/c1-13-21-18(17-6-4-5-7-19(17)27-21)12-20(24-13)23(29)25-14(2)22(28)26-15-8-10-16(30-3)11-9-15/h4-12,14,27H,1-3H3,(H,25,29)(H,26,28). The zero-order valence-corrected chi connectivity index (χ0v) is 16.9. The van der Waals surface area contributed by atoms with Crippen LogP contribution in [0.15, 0.2) is 54.6 Å². The van der Waals surface area contributed by atoms with Gasteiger partial charge in [-0.15, -0.1) is 0 Å². The molecule has 0 saturated heterocycles. The van der Waals surface area contributed by atoms with Crippen molar-refractivity contribution in [2.24, 2.45) is 0 Å². The summed E-state index contributed by atoms with van der Waals surface area (Å²) in [6.45, 7) is 3.49. The van der Waals surface area contributed by atoms with Crippen molar-refractivity contribution in [3.8, 4) is 5.75 Å². The van der Waals surface area contributed by atoms with E-state index < -0.39 is 11.9 Å². The lowest BCUT2D eigenvalue weighted by Crippen LogP contribution is -2.41. The lowest BCUT2D eigenvalue weighted by molar-refractivity contribution is -0.117. The molecule has 2 amide bonds. The van der Waals surface area contributed by atoms with E-state index in [9.17, 15) is 9.59 Å². The van der Waals surface area contributed by atoms with E-state index in [2.05, 4.69) is 20.6 Å². The minimum absolute atomic E-state index is 0.272. The molecule has 0 aliphatic heterocycles. The maximum atomic E-state index is 12.8. The van der Waals surface area contributed by atoms with Crippen LogP contribution in [-0.2, 0) is 4.79 Å².